The molecule has 0 aliphatic carbocycles. The van der Waals surface area contributed by atoms with Crippen LogP contribution in [0.4, 0.5) is 0 Å². The molecular weight excluding hydrogens is 272 g/mol. The van der Waals surface area contributed by atoms with Gasteiger partial charge in [-0.05, 0) is 13.0 Å². The summed E-state index contributed by atoms with van der Waals surface area (Å²) >= 11 is 1.61. The third kappa shape index (κ3) is 4.59. The van der Waals surface area contributed by atoms with E-state index in [0.29, 0.717) is 13.2 Å². The molecule has 1 aromatic carbocycles. The van der Waals surface area contributed by atoms with Crippen LogP contribution in [0, 0.1) is 6.92 Å². The van der Waals surface area contributed by atoms with Gasteiger partial charge in [-0.2, -0.15) is 0 Å². The lowest BCUT2D eigenvalue weighted by molar-refractivity contribution is 0.199. The molecule has 0 saturated carbocycles. The molecule has 2 rings (SSSR count). The molecule has 1 N–H and O–H groups in total. The number of nitrogens with zero attached hydrogens (tertiary/aromatic N) is 1. The van der Waals surface area contributed by atoms with Crippen molar-refractivity contribution in [2.75, 3.05) is 20.3 Å². The van der Waals surface area contributed by atoms with Crippen LogP contribution in [0.15, 0.2) is 29.9 Å². The number of ether oxygens (including phenoxy) is 2. The maximum atomic E-state index is 5.89. The summed E-state index contributed by atoms with van der Waals surface area (Å²) in [6.07, 6.45) is 1.84. The summed E-state index contributed by atoms with van der Waals surface area (Å²) in [6, 6.07) is 6.26. The fourth-order valence-electron chi connectivity index (χ4n) is 1.85. The van der Waals surface area contributed by atoms with Crippen molar-refractivity contribution in [2.45, 2.75) is 20.1 Å². The minimum atomic E-state index is 0.568. The lowest BCUT2D eigenvalue weighted by atomic mass is 10.1. The second-order valence-corrected chi connectivity index (χ2v) is 5.51. The number of hydrogen-bond donors (Lipinski definition) is 1. The van der Waals surface area contributed by atoms with Gasteiger partial charge in [0.25, 0.3) is 0 Å². The summed E-state index contributed by atoms with van der Waals surface area (Å²) in [5, 5.41) is 3.35. The number of methoxy groups -OCH3 is 1. The minimum Gasteiger partial charge on any atom is -0.488 e. The Labute approximate surface area is 123 Å². The first kappa shape index (κ1) is 15.0. The topological polar surface area (TPSA) is 43.4 Å². The molecule has 0 fully saturated rings. The minimum absolute atomic E-state index is 0.568. The second kappa shape index (κ2) is 7.99. The number of aromatic nitrogens is 1. The molecule has 0 saturated heterocycles. The van der Waals surface area contributed by atoms with Crippen LogP contribution in [-0.2, 0) is 17.9 Å². The standard InChI is InChI=1S/C15H20N2O2S/c1-12-3-4-15(19-10-14-9-17-11-20-14)13(7-12)8-16-5-6-18-2/h3-4,7,9,11,16H,5-6,8,10H2,1-2H3. The quantitative estimate of drug-likeness (QED) is 0.760. The Morgan fingerprint density at radius 3 is 3.00 bits per heavy atom. The van der Waals surface area contributed by atoms with Gasteiger partial charge in [-0.15, -0.1) is 11.3 Å². The highest BCUT2D eigenvalue weighted by Gasteiger charge is 2.05. The molecule has 0 unspecified atom stereocenters. The van der Waals surface area contributed by atoms with Crippen LogP contribution >= 0.6 is 11.3 Å². The lowest BCUT2D eigenvalue weighted by Gasteiger charge is -2.12. The largest absolute Gasteiger partial charge is 0.488 e. The van der Waals surface area contributed by atoms with Gasteiger partial charge in [0.15, 0.2) is 0 Å². The maximum Gasteiger partial charge on any atom is 0.124 e. The Kier molecular flexibility index (Phi) is 5.98. The van der Waals surface area contributed by atoms with Crippen molar-refractivity contribution >= 4 is 11.3 Å². The fraction of sp³-hybridized carbons (Fsp3) is 0.400. The van der Waals surface area contributed by atoms with E-state index in [2.05, 4.69) is 29.4 Å². The van der Waals surface area contributed by atoms with E-state index in [1.165, 1.54) is 11.1 Å². The zero-order chi connectivity index (χ0) is 14.2. The molecule has 1 heterocycles. The van der Waals surface area contributed by atoms with E-state index in [1.807, 2.05) is 17.8 Å². The van der Waals surface area contributed by atoms with Gasteiger partial charge in [0.1, 0.15) is 12.4 Å². The van der Waals surface area contributed by atoms with E-state index < -0.39 is 0 Å². The van der Waals surface area contributed by atoms with Gasteiger partial charge in [0.05, 0.1) is 17.0 Å². The van der Waals surface area contributed by atoms with Gasteiger partial charge in [0, 0.05) is 32.0 Å². The number of rotatable bonds is 8. The predicted octanol–water partition coefficient (Wildman–Crippen LogP) is 2.77. The van der Waals surface area contributed by atoms with Gasteiger partial charge in [-0.3, -0.25) is 4.98 Å². The second-order valence-electron chi connectivity index (χ2n) is 4.54. The third-order valence-electron chi connectivity index (χ3n) is 2.87. The fourth-order valence-corrected chi connectivity index (χ4v) is 2.35. The first-order valence-electron chi connectivity index (χ1n) is 6.59. The van der Waals surface area contributed by atoms with Crippen LogP contribution in [-0.4, -0.2) is 25.2 Å². The highest BCUT2D eigenvalue weighted by atomic mass is 32.1. The molecule has 108 valence electrons. The first-order chi connectivity index (χ1) is 9.79. The van der Waals surface area contributed by atoms with Gasteiger partial charge >= 0.3 is 0 Å². The summed E-state index contributed by atoms with van der Waals surface area (Å²) in [5.74, 6) is 0.925. The monoisotopic (exact) mass is 292 g/mol. The first-order valence-corrected chi connectivity index (χ1v) is 7.47. The van der Waals surface area contributed by atoms with Gasteiger partial charge in [-0.1, -0.05) is 17.7 Å². The van der Waals surface area contributed by atoms with Crippen molar-refractivity contribution in [3.63, 3.8) is 0 Å². The molecule has 20 heavy (non-hydrogen) atoms. The van der Waals surface area contributed by atoms with E-state index in [0.717, 1.165) is 23.7 Å². The molecule has 0 bridgehead atoms. The molecule has 0 aliphatic heterocycles. The normalized spacial score (nSPS) is 10.7. The molecule has 5 heteroatoms. The van der Waals surface area contributed by atoms with Crippen LogP contribution in [0.2, 0.25) is 0 Å². The molecule has 2 aromatic rings. The molecule has 4 nitrogen and oxygen atoms in total. The summed E-state index contributed by atoms with van der Waals surface area (Å²) in [5.41, 5.74) is 4.23. The summed E-state index contributed by atoms with van der Waals surface area (Å²) in [6.45, 7) is 4.98. The van der Waals surface area contributed by atoms with Crippen LogP contribution < -0.4 is 10.1 Å². The molecular formula is C15H20N2O2S. The number of thiazole rings is 1. The van der Waals surface area contributed by atoms with Gasteiger partial charge in [-0.25, -0.2) is 0 Å². The van der Waals surface area contributed by atoms with Crippen molar-refractivity contribution in [3.05, 3.63) is 45.9 Å². The molecule has 0 amide bonds. The van der Waals surface area contributed by atoms with Crippen molar-refractivity contribution in [1.82, 2.24) is 10.3 Å². The molecule has 1 aromatic heterocycles. The zero-order valence-corrected chi connectivity index (χ0v) is 12.7. The number of benzene rings is 1. The Morgan fingerprint density at radius 2 is 2.25 bits per heavy atom. The van der Waals surface area contributed by atoms with E-state index >= 15 is 0 Å². The van der Waals surface area contributed by atoms with Gasteiger partial charge < -0.3 is 14.8 Å². The SMILES string of the molecule is COCCNCc1cc(C)ccc1OCc1cncs1. The predicted molar refractivity (Wildman–Crippen MR) is 81.2 cm³/mol. The Hall–Kier alpha value is -1.43. The summed E-state index contributed by atoms with van der Waals surface area (Å²) in [4.78, 5) is 5.18. The van der Waals surface area contributed by atoms with E-state index in [-0.39, 0.29) is 0 Å². The molecule has 0 spiro atoms. The third-order valence-corrected chi connectivity index (χ3v) is 3.62. The highest BCUT2D eigenvalue weighted by Crippen LogP contribution is 2.21. The lowest BCUT2D eigenvalue weighted by Crippen LogP contribution is -2.19. The van der Waals surface area contributed by atoms with Crippen molar-refractivity contribution in [2.24, 2.45) is 0 Å². The molecule has 0 atom stereocenters. The van der Waals surface area contributed by atoms with Crippen LogP contribution in [0.1, 0.15) is 16.0 Å². The zero-order valence-electron chi connectivity index (χ0n) is 11.9. The Balaban J connectivity index is 1.95. The Bertz CT molecular complexity index is 515. The van der Waals surface area contributed by atoms with Crippen molar-refractivity contribution in [1.29, 1.82) is 0 Å². The summed E-state index contributed by atoms with van der Waals surface area (Å²) in [7, 11) is 1.71. The van der Waals surface area contributed by atoms with Crippen LogP contribution in [0.3, 0.4) is 0 Å². The smallest absolute Gasteiger partial charge is 0.124 e. The number of nitrogens with one attached hydrogen (secondary N) is 1. The van der Waals surface area contributed by atoms with Crippen molar-refractivity contribution < 1.29 is 9.47 Å². The van der Waals surface area contributed by atoms with Crippen LogP contribution in [0.5, 0.6) is 5.75 Å². The average Bonchev–Trinajstić information content (AvgIpc) is 2.96. The molecule has 0 aliphatic rings. The van der Waals surface area contributed by atoms with E-state index in [1.54, 1.807) is 18.4 Å². The molecule has 0 radical (unpaired) electrons. The average molecular weight is 292 g/mol. The van der Waals surface area contributed by atoms with Gasteiger partial charge in [0.2, 0.25) is 0 Å². The highest BCUT2D eigenvalue weighted by molar-refractivity contribution is 7.09. The van der Waals surface area contributed by atoms with E-state index in [4.69, 9.17) is 9.47 Å². The summed E-state index contributed by atoms with van der Waals surface area (Å²) < 4.78 is 10.9. The number of hydrogen-bond acceptors (Lipinski definition) is 5. The number of aryl methyl sites for hydroxylation is 1. The van der Waals surface area contributed by atoms with Crippen molar-refractivity contribution in [3.8, 4) is 5.75 Å². The maximum absolute atomic E-state index is 5.89. The van der Waals surface area contributed by atoms with E-state index in [9.17, 15) is 0 Å². The Morgan fingerprint density at radius 1 is 1.35 bits per heavy atom. The van der Waals surface area contributed by atoms with Crippen LogP contribution in [0.25, 0.3) is 0 Å².